The standard InChI is InChI=1S/C10H12N4/c1-2-8-9(13-14-10(8)11)7-3-5-12-6-4-7/h3-6H,2H2,1H3,(H3,11,13,14). The molecular weight excluding hydrogens is 176 g/mol. The number of nitrogens with one attached hydrogen (secondary N) is 1. The van der Waals surface area contributed by atoms with E-state index in [-0.39, 0.29) is 0 Å². The summed E-state index contributed by atoms with van der Waals surface area (Å²) in [6.07, 6.45) is 4.37. The van der Waals surface area contributed by atoms with Crippen LogP contribution in [-0.2, 0) is 6.42 Å². The summed E-state index contributed by atoms with van der Waals surface area (Å²) in [5.41, 5.74) is 8.79. The first kappa shape index (κ1) is 8.74. The Kier molecular flexibility index (Phi) is 2.18. The van der Waals surface area contributed by atoms with E-state index in [0.29, 0.717) is 5.82 Å². The molecule has 0 fully saturated rings. The zero-order valence-electron chi connectivity index (χ0n) is 7.99. The maximum Gasteiger partial charge on any atom is 0.122 e. The maximum atomic E-state index is 5.76. The first-order valence-electron chi connectivity index (χ1n) is 4.56. The summed E-state index contributed by atoms with van der Waals surface area (Å²) in [6.45, 7) is 2.06. The van der Waals surface area contributed by atoms with Crippen LogP contribution in [0.3, 0.4) is 0 Å². The Balaban J connectivity index is 2.52. The van der Waals surface area contributed by atoms with Gasteiger partial charge in [0.2, 0.25) is 0 Å². The summed E-state index contributed by atoms with van der Waals surface area (Å²) >= 11 is 0. The van der Waals surface area contributed by atoms with Crippen LogP contribution in [0.5, 0.6) is 0 Å². The average molecular weight is 188 g/mol. The Bertz CT molecular complexity index is 419. The van der Waals surface area contributed by atoms with Gasteiger partial charge in [-0.05, 0) is 18.6 Å². The fraction of sp³-hybridized carbons (Fsp3) is 0.200. The molecule has 0 amide bonds. The maximum absolute atomic E-state index is 5.76. The molecule has 4 heteroatoms. The number of rotatable bonds is 2. The Morgan fingerprint density at radius 2 is 2.07 bits per heavy atom. The van der Waals surface area contributed by atoms with Crippen LogP contribution in [-0.4, -0.2) is 15.2 Å². The van der Waals surface area contributed by atoms with Gasteiger partial charge in [0.15, 0.2) is 0 Å². The predicted octanol–water partition coefficient (Wildman–Crippen LogP) is 1.62. The van der Waals surface area contributed by atoms with Crippen molar-refractivity contribution in [3.8, 4) is 11.3 Å². The number of pyridine rings is 1. The Labute approximate surface area is 82.2 Å². The lowest BCUT2D eigenvalue weighted by Crippen LogP contribution is -1.90. The van der Waals surface area contributed by atoms with Crippen LogP contribution >= 0.6 is 0 Å². The predicted molar refractivity (Wildman–Crippen MR) is 55.6 cm³/mol. The third kappa shape index (κ3) is 1.35. The molecule has 2 rings (SSSR count). The van der Waals surface area contributed by atoms with Crippen LogP contribution in [0.2, 0.25) is 0 Å². The van der Waals surface area contributed by atoms with Gasteiger partial charge in [-0.3, -0.25) is 10.1 Å². The van der Waals surface area contributed by atoms with Gasteiger partial charge in [0, 0.05) is 23.5 Å². The highest BCUT2D eigenvalue weighted by Crippen LogP contribution is 2.24. The number of hydrogen-bond donors (Lipinski definition) is 2. The van der Waals surface area contributed by atoms with Crippen LogP contribution in [0.15, 0.2) is 24.5 Å². The second kappa shape index (κ2) is 3.49. The molecule has 2 heterocycles. The number of nitrogens with zero attached hydrogens (tertiary/aromatic N) is 2. The summed E-state index contributed by atoms with van der Waals surface area (Å²) in [7, 11) is 0. The molecule has 0 aliphatic rings. The lowest BCUT2D eigenvalue weighted by molar-refractivity contribution is 1.10. The van der Waals surface area contributed by atoms with Crippen molar-refractivity contribution in [1.29, 1.82) is 0 Å². The van der Waals surface area contributed by atoms with E-state index in [1.54, 1.807) is 12.4 Å². The van der Waals surface area contributed by atoms with Gasteiger partial charge in [0.25, 0.3) is 0 Å². The van der Waals surface area contributed by atoms with Gasteiger partial charge in [-0.2, -0.15) is 5.10 Å². The molecule has 0 bridgehead atoms. The molecule has 0 aliphatic carbocycles. The highest BCUT2D eigenvalue weighted by atomic mass is 15.2. The Hall–Kier alpha value is -1.84. The molecule has 2 aromatic heterocycles. The van der Waals surface area contributed by atoms with E-state index >= 15 is 0 Å². The molecule has 0 aliphatic heterocycles. The minimum absolute atomic E-state index is 0.652. The van der Waals surface area contributed by atoms with E-state index in [0.717, 1.165) is 23.2 Å². The monoisotopic (exact) mass is 188 g/mol. The van der Waals surface area contributed by atoms with E-state index in [1.165, 1.54) is 0 Å². The highest BCUT2D eigenvalue weighted by Gasteiger charge is 2.10. The second-order valence-corrected chi connectivity index (χ2v) is 3.05. The normalized spacial score (nSPS) is 10.4. The smallest absolute Gasteiger partial charge is 0.122 e. The van der Waals surface area contributed by atoms with Crippen LogP contribution in [0.1, 0.15) is 12.5 Å². The van der Waals surface area contributed by atoms with Gasteiger partial charge in [-0.25, -0.2) is 0 Å². The van der Waals surface area contributed by atoms with E-state index in [4.69, 9.17) is 5.73 Å². The van der Waals surface area contributed by atoms with Crippen molar-refractivity contribution in [3.05, 3.63) is 30.1 Å². The van der Waals surface area contributed by atoms with Gasteiger partial charge in [0.1, 0.15) is 5.82 Å². The van der Waals surface area contributed by atoms with Crippen molar-refractivity contribution < 1.29 is 0 Å². The average Bonchev–Trinajstić information content (AvgIpc) is 2.61. The topological polar surface area (TPSA) is 67.6 Å². The summed E-state index contributed by atoms with van der Waals surface area (Å²) < 4.78 is 0. The molecule has 0 aromatic carbocycles. The molecular formula is C10H12N4. The minimum Gasteiger partial charge on any atom is -0.384 e. The van der Waals surface area contributed by atoms with Crippen LogP contribution < -0.4 is 5.73 Å². The zero-order chi connectivity index (χ0) is 9.97. The van der Waals surface area contributed by atoms with Crippen molar-refractivity contribution in [1.82, 2.24) is 15.2 Å². The third-order valence-corrected chi connectivity index (χ3v) is 2.21. The highest BCUT2D eigenvalue weighted by molar-refractivity contribution is 5.67. The van der Waals surface area contributed by atoms with Crippen LogP contribution in [0.4, 0.5) is 5.82 Å². The first-order valence-corrected chi connectivity index (χ1v) is 4.56. The van der Waals surface area contributed by atoms with Crippen molar-refractivity contribution in [2.24, 2.45) is 0 Å². The van der Waals surface area contributed by atoms with Crippen molar-refractivity contribution in [2.45, 2.75) is 13.3 Å². The second-order valence-electron chi connectivity index (χ2n) is 3.05. The van der Waals surface area contributed by atoms with Crippen molar-refractivity contribution in [2.75, 3.05) is 5.73 Å². The van der Waals surface area contributed by atoms with Gasteiger partial charge in [-0.1, -0.05) is 6.92 Å². The number of aromatic amines is 1. The summed E-state index contributed by atoms with van der Waals surface area (Å²) in [5, 5.41) is 6.97. The van der Waals surface area contributed by atoms with Crippen LogP contribution in [0, 0.1) is 0 Å². The molecule has 4 nitrogen and oxygen atoms in total. The number of aromatic nitrogens is 3. The largest absolute Gasteiger partial charge is 0.384 e. The molecule has 0 unspecified atom stereocenters. The molecule has 0 radical (unpaired) electrons. The van der Waals surface area contributed by atoms with E-state index in [1.807, 2.05) is 12.1 Å². The quantitative estimate of drug-likeness (QED) is 0.752. The van der Waals surface area contributed by atoms with E-state index < -0.39 is 0 Å². The van der Waals surface area contributed by atoms with Crippen molar-refractivity contribution in [3.63, 3.8) is 0 Å². The number of nitrogen functional groups attached to an aromatic ring is 1. The number of nitrogens with two attached hydrogens (primary N) is 1. The summed E-state index contributed by atoms with van der Waals surface area (Å²) in [4.78, 5) is 3.96. The van der Waals surface area contributed by atoms with Gasteiger partial charge >= 0.3 is 0 Å². The summed E-state index contributed by atoms with van der Waals surface area (Å²) in [5.74, 6) is 0.652. The number of anilines is 1. The molecule has 14 heavy (non-hydrogen) atoms. The molecule has 3 N–H and O–H groups in total. The molecule has 0 saturated heterocycles. The lowest BCUT2D eigenvalue weighted by atomic mass is 10.1. The van der Waals surface area contributed by atoms with Gasteiger partial charge in [-0.15, -0.1) is 0 Å². The van der Waals surface area contributed by atoms with Gasteiger partial charge < -0.3 is 5.73 Å². The number of hydrogen-bond acceptors (Lipinski definition) is 3. The molecule has 72 valence electrons. The zero-order valence-corrected chi connectivity index (χ0v) is 7.99. The van der Waals surface area contributed by atoms with E-state index in [2.05, 4.69) is 22.1 Å². The first-order chi connectivity index (χ1) is 6.83. The Morgan fingerprint density at radius 1 is 1.36 bits per heavy atom. The molecule has 0 spiro atoms. The fourth-order valence-electron chi connectivity index (χ4n) is 1.49. The van der Waals surface area contributed by atoms with E-state index in [9.17, 15) is 0 Å². The molecule has 0 saturated carbocycles. The number of H-pyrrole nitrogens is 1. The lowest BCUT2D eigenvalue weighted by Gasteiger charge is -1.99. The van der Waals surface area contributed by atoms with Crippen LogP contribution in [0.25, 0.3) is 11.3 Å². The van der Waals surface area contributed by atoms with Gasteiger partial charge in [0.05, 0.1) is 5.69 Å². The fourth-order valence-corrected chi connectivity index (χ4v) is 1.49. The third-order valence-electron chi connectivity index (χ3n) is 2.21. The summed E-state index contributed by atoms with van der Waals surface area (Å²) in [6, 6.07) is 3.85. The SMILES string of the molecule is CCc1c(-c2ccncc2)n[nH]c1N. The minimum atomic E-state index is 0.652. The molecule has 0 atom stereocenters. The van der Waals surface area contributed by atoms with Crippen molar-refractivity contribution >= 4 is 5.82 Å². The Morgan fingerprint density at radius 3 is 2.71 bits per heavy atom. The molecule has 2 aromatic rings.